The molecule has 0 atom stereocenters. The van der Waals surface area contributed by atoms with Gasteiger partial charge in [-0.05, 0) is 52.3 Å². The molecule has 0 aliphatic carbocycles. The Kier molecular flexibility index (Phi) is 10.0. The molecule has 1 fully saturated rings. The van der Waals surface area contributed by atoms with Gasteiger partial charge in [0.05, 0.1) is 36.0 Å². The van der Waals surface area contributed by atoms with Crippen LogP contribution in [0.2, 0.25) is 0 Å². The Hall–Kier alpha value is -2.61. The van der Waals surface area contributed by atoms with E-state index in [4.69, 9.17) is 13.8 Å². The molecule has 226 valence electrons. The summed E-state index contributed by atoms with van der Waals surface area (Å²) < 4.78 is 59.9. The zero-order valence-electron chi connectivity index (χ0n) is 24.3. The topological polar surface area (TPSA) is 148 Å². The molecule has 41 heavy (non-hydrogen) atoms. The predicted octanol–water partition coefficient (Wildman–Crippen LogP) is 3.27. The van der Waals surface area contributed by atoms with Crippen LogP contribution in [0.5, 0.6) is 5.75 Å². The molecule has 0 saturated carbocycles. The Balaban J connectivity index is 1.64. The van der Waals surface area contributed by atoms with Crippen molar-refractivity contribution in [3.8, 4) is 17.1 Å². The highest BCUT2D eigenvalue weighted by Crippen LogP contribution is 2.48. The number of ether oxygens (including phenoxy) is 1. The Morgan fingerprint density at radius 2 is 1.71 bits per heavy atom. The first-order chi connectivity index (χ1) is 19.6. The maximum atomic E-state index is 13.7. The number of nitrogens with zero attached hydrogens (tertiary/aromatic N) is 5. The van der Waals surface area contributed by atoms with Crippen molar-refractivity contribution >= 4 is 23.1 Å². The monoisotopic (exact) mass is 610 g/mol. The number of aromatic amines is 1. The van der Waals surface area contributed by atoms with Gasteiger partial charge in [0.15, 0.2) is 11.3 Å². The minimum absolute atomic E-state index is 0.0528. The Morgan fingerprint density at radius 1 is 1.02 bits per heavy atom. The second-order valence-electron chi connectivity index (χ2n) is 9.63. The van der Waals surface area contributed by atoms with Crippen molar-refractivity contribution in [1.29, 1.82) is 0 Å². The summed E-state index contributed by atoms with van der Waals surface area (Å²) in [4.78, 5) is 22.3. The second kappa shape index (κ2) is 13.1. The van der Waals surface area contributed by atoms with Crippen molar-refractivity contribution in [3.63, 3.8) is 0 Å². The van der Waals surface area contributed by atoms with E-state index in [0.717, 1.165) is 6.42 Å². The standard InChI is InChI=1S/C26H39N6O7PS/c1-6-10-23-27-19(5)24-26(33)28-25(29-32(23)24)21-17-20(11-12-22(21)37-7-2)41(35,36)31-15-13-30(14-16-31)18-40(34,38-8-3)39-9-4/h11-12,17H,6-10,13-16,18H2,1-5H3,(H,28,29,33). The molecule has 1 saturated heterocycles. The van der Waals surface area contributed by atoms with Gasteiger partial charge in [0.1, 0.15) is 17.9 Å². The summed E-state index contributed by atoms with van der Waals surface area (Å²) in [6.45, 7) is 11.1. The van der Waals surface area contributed by atoms with E-state index in [1.807, 2.05) is 18.7 Å². The molecular formula is C26H39N6O7PS. The van der Waals surface area contributed by atoms with Crippen LogP contribution in [0.1, 0.15) is 45.6 Å². The number of rotatable bonds is 13. The number of hydrogen-bond acceptors (Lipinski definition) is 10. The summed E-state index contributed by atoms with van der Waals surface area (Å²) >= 11 is 0. The highest BCUT2D eigenvalue weighted by Gasteiger charge is 2.33. The fourth-order valence-electron chi connectivity index (χ4n) is 4.90. The van der Waals surface area contributed by atoms with Crippen LogP contribution >= 0.6 is 7.60 Å². The molecule has 1 aliphatic heterocycles. The third kappa shape index (κ3) is 6.73. The first-order valence-electron chi connectivity index (χ1n) is 13.9. The molecule has 15 heteroatoms. The Bertz CT molecular complexity index is 1570. The number of nitrogens with one attached hydrogen (secondary N) is 1. The highest BCUT2D eigenvalue weighted by molar-refractivity contribution is 7.89. The molecule has 1 aliphatic rings. The van der Waals surface area contributed by atoms with Gasteiger partial charge in [-0.2, -0.15) is 4.31 Å². The molecule has 0 bridgehead atoms. The minimum Gasteiger partial charge on any atom is -0.493 e. The maximum Gasteiger partial charge on any atom is 0.344 e. The zero-order chi connectivity index (χ0) is 29.8. The highest BCUT2D eigenvalue weighted by atomic mass is 32.2. The largest absolute Gasteiger partial charge is 0.493 e. The number of sulfonamides is 1. The number of fused-ring (bicyclic) bond motifs is 1. The molecular weight excluding hydrogens is 571 g/mol. The fourth-order valence-corrected chi connectivity index (χ4v) is 8.14. The van der Waals surface area contributed by atoms with E-state index in [1.54, 1.807) is 26.8 Å². The molecule has 4 rings (SSSR count). The average molecular weight is 611 g/mol. The SMILES string of the molecule is CCCc1nc(C)c2c(=O)[nH]c(-c3cc(S(=O)(=O)N4CCN(CP(=O)(OCC)OCC)CC4)ccc3OCC)nn12. The van der Waals surface area contributed by atoms with Crippen LogP contribution in [-0.2, 0) is 30.1 Å². The maximum absolute atomic E-state index is 13.7. The number of hydrogen-bond donors (Lipinski definition) is 1. The summed E-state index contributed by atoms with van der Waals surface area (Å²) in [5.74, 6) is 1.24. The van der Waals surface area contributed by atoms with Crippen molar-refractivity contribution in [2.24, 2.45) is 0 Å². The summed E-state index contributed by atoms with van der Waals surface area (Å²) in [5.41, 5.74) is 0.919. The van der Waals surface area contributed by atoms with Crippen molar-refractivity contribution in [2.75, 3.05) is 52.3 Å². The van der Waals surface area contributed by atoms with E-state index >= 15 is 0 Å². The van der Waals surface area contributed by atoms with Crippen LogP contribution in [0.25, 0.3) is 16.9 Å². The van der Waals surface area contributed by atoms with Gasteiger partial charge in [0.2, 0.25) is 10.0 Å². The molecule has 13 nitrogen and oxygen atoms in total. The Labute approximate surface area is 240 Å². The second-order valence-corrected chi connectivity index (χ2v) is 13.6. The lowest BCUT2D eigenvalue weighted by Gasteiger charge is -2.35. The number of H-pyrrole nitrogens is 1. The quantitative estimate of drug-likeness (QED) is 0.286. The molecule has 1 aromatic carbocycles. The molecule has 1 N–H and O–H groups in total. The zero-order valence-corrected chi connectivity index (χ0v) is 26.0. The van der Waals surface area contributed by atoms with Crippen LogP contribution in [0.15, 0.2) is 27.9 Å². The normalized spacial score (nSPS) is 15.5. The van der Waals surface area contributed by atoms with E-state index in [1.165, 1.54) is 21.0 Å². The molecule has 0 radical (unpaired) electrons. The summed E-state index contributed by atoms with van der Waals surface area (Å²) in [7, 11) is -7.18. The van der Waals surface area contributed by atoms with Crippen molar-refractivity contribution in [1.82, 2.24) is 28.8 Å². The number of benzene rings is 1. The van der Waals surface area contributed by atoms with Crippen LogP contribution in [0.4, 0.5) is 0 Å². The van der Waals surface area contributed by atoms with E-state index in [0.29, 0.717) is 54.5 Å². The van der Waals surface area contributed by atoms with Crippen LogP contribution in [0.3, 0.4) is 0 Å². The molecule has 3 aromatic rings. The van der Waals surface area contributed by atoms with Gasteiger partial charge >= 0.3 is 7.60 Å². The minimum atomic E-state index is -3.90. The lowest BCUT2D eigenvalue weighted by Crippen LogP contribution is -2.48. The van der Waals surface area contributed by atoms with Gasteiger partial charge in [0, 0.05) is 32.6 Å². The molecule has 3 heterocycles. The van der Waals surface area contributed by atoms with Gasteiger partial charge in [-0.3, -0.25) is 14.3 Å². The third-order valence-corrected chi connectivity index (χ3v) is 10.7. The molecule has 2 aromatic heterocycles. The average Bonchev–Trinajstić information content (AvgIpc) is 3.25. The van der Waals surface area contributed by atoms with E-state index in [-0.39, 0.29) is 48.9 Å². The number of piperazine rings is 1. The number of imidazole rings is 1. The van der Waals surface area contributed by atoms with Crippen LogP contribution in [-0.4, -0.2) is 89.5 Å². The molecule has 0 amide bonds. The van der Waals surface area contributed by atoms with Crippen LogP contribution < -0.4 is 10.3 Å². The fraction of sp³-hybridized carbons (Fsp3) is 0.577. The lowest BCUT2D eigenvalue weighted by molar-refractivity contribution is 0.170. The molecule has 0 unspecified atom stereocenters. The summed E-state index contributed by atoms with van der Waals surface area (Å²) in [6, 6.07) is 4.56. The lowest BCUT2D eigenvalue weighted by atomic mass is 10.2. The summed E-state index contributed by atoms with van der Waals surface area (Å²) in [5, 5.41) is 4.65. The first-order valence-corrected chi connectivity index (χ1v) is 17.1. The van der Waals surface area contributed by atoms with E-state index in [9.17, 15) is 17.8 Å². The van der Waals surface area contributed by atoms with Gasteiger partial charge in [0.25, 0.3) is 5.56 Å². The smallest absolute Gasteiger partial charge is 0.344 e. The van der Waals surface area contributed by atoms with Crippen LogP contribution in [0, 0.1) is 6.92 Å². The number of aryl methyl sites for hydroxylation is 2. The van der Waals surface area contributed by atoms with E-state index < -0.39 is 17.6 Å². The third-order valence-electron chi connectivity index (χ3n) is 6.72. The predicted molar refractivity (Wildman–Crippen MR) is 155 cm³/mol. The Morgan fingerprint density at radius 3 is 2.32 bits per heavy atom. The first kappa shape index (κ1) is 31.3. The number of aromatic nitrogens is 4. The van der Waals surface area contributed by atoms with E-state index in [2.05, 4.69) is 15.1 Å². The van der Waals surface area contributed by atoms with Gasteiger partial charge in [-0.1, -0.05) is 6.92 Å². The van der Waals surface area contributed by atoms with Gasteiger partial charge in [-0.15, -0.1) is 5.10 Å². The van der Waals surface area contributed by atoms with Crippen molar-refractivity contribution in [3.05, 3.63) is 40.1 Å². The molecule has 0 spiro atoms. The summed E-state index contributed by atoms with van der Waals surface area (Å²) in [6.07, 6.45) is 1.56. The van der Waals surface area contributed by atoms with Crippen molar-refractivity contribution < 1.29 is 26.8 Å². The van der Waals surface area contributed by atoms with Gasteiger partial charge in [-0.25, -0.2) is 17.9 Å². The van der Waals surface area contributed by atoms with Crippen molar-refractivity contribution in [2.45, 2.75) is 52.4 Å². The van der Waals surface area contributed by atoms with Gasteiger partial charge < -0.3 is 18.8 Å².